The summed E-state index contributed by atoms with van der Waals surface area (Å²) in [5, 5.41) is 10.8. The number of rotatable bonds is 1. The number of carbonyl (C=O) groups is 1. The summed E-state index contributed by atoms with van der Waals surface area (Å²) in [7, 11) is 0. The van der Waals surface area contributed by atoms with E-state index in [1.807, 2.05) is 0 Å². The van der Waals surface area contributed by atoms with Crippen molar-refractivity contribution in [3.05, 3.63) is 35.8 Å². The largest absolute Gasteiger partial charge is 0.545 e. The molecule has 0 radical (unpaired) electrons. The molecule has 0 aromatic carbocycles. The van der Waals surface area contributed by atoms with Crippen LogP contribution in [0.2, 0.25) is 0 Å². The lowest BCUT2D eigenvalue weighted by Crippen LogP contribution is -2.27. The van der Waals surface area contributed by atoms with Gasteiger partial charge in [0.1, 0.15) is 0 Å². The summed E-state index contributed by atoms with van der Waals surface area (Å²) in [5.41, 5.74) is -2.42. The lowest BCUT2D eigenvalue weighted by Gasteiger charge is -2.13. The molecule has 0 aliphatic heterocycles. The van der Waals surface area contributed by atoms with E-state index in [2.05, 4.69) is 9.97 Å². The van der Waals surface area contributed by atoms with Gasteiger partial charge in [0.05, 0.1) is 11.5 Å². The van der Waals surface area contributed by atoms with E-state index in [1.54, 1.807) is 0 Å². The van der Waals surface area contributed by atoms with Gasteiger partial charge in [-0.1, -0.05) is 0 Å². The molecule has 0 unspecified atom stereocenters. The second kappa shape index (κ2) is 3.69. The van der Waals surface area contributed by atoms with Gasteiger partial charge in [0.15, 0.2) is 5.69 Å². The van der Waals surface area contributed by atoms with Crippen molar-refractivity contribution in [1.29, 1.82) is 0 Å². The molecule has 0 bridgehead atoms. The Morgan fingerprint density at radius 3 is 2.65 bits per heavy atom. The number of carbonyl (C=O) groups excluding carboxylic acids is 1. The normalized spacial score (nSPS) is 11.7. The molecule has 4 nitrogen and oxygen atoms in total. The van der Waals surface area contributed by atoms with Gasteiger partial charge in [-0.3, -0.25) is 4.98 Å². The number of carboxylic acid groups (broad SMARTS) is 1. The third-order valence-electron chi connectivity index (χ3n) is 2.10. The van der Waals surface area contributed by atoms with Crippen molar-refractivity contribution in [2.75, 3.05) is 0 Å². The molecule has 0 fully saturated rings. The van der Waals surface area contributed by atoms with Crippen molar-refractivity contribution in [3.8, 4) is 0 Å². The third-order valence-corrected chi connectivity index (χ3v) is 2.10. The molecule has 0 saturated carbocycles. The highest BCUT2D eigenvalue weighted by atomic mass is 19.4. The molecular formula is C10H4F3N2O2-. The van der Waals surface area contributed by atoms with Crippen molar-refractivity contribution in [2.24, 2.45) is 0 Å². The Kier molecular flexibility index (Phi) is 2.45. The number of aromatic carboxylic acids is 1. The first-order valence-electron chi connectivity index (χ1n) is 4.43. The summed E-state index contributed by atoms with van der Waals surface area (Å²) in [5.74, 6) is -1.92. The van der Waals surface area contributed by atoms with Crippen molar-refractivity contribution >= 4 is 16.9 Å². The third kappa shape index (κ3) is 2.03. The fraction of sp³-hybridized carbons (Fsp3) is 0.100. The lowest BCUT2D eigenvalue weighted by molar-refractivity contribution is -0.255. The first-order valence-corrected chi connectivity index (χ1v) is 4.43. The maximum absolute atomic E-state index is 12.6. The number of carboxylic acids is 1. The van der Waals surface area contributed by atoms with Crippen LogP contribution in [0.5, 0.6) is 0 Å². The number of aromatic nitrogens is 2. The monoisotopic (exact) mass is 241 g/mol. The highest BCUT2D eigenvalue weighted by Gasteiger charge is 2.36. The molecule has 2 aromatic rings. The van der Waals surface area contributed by atoms with Crippen LogP contribution in [-0.4, -0.2) is 15.9 Å². The smallest absolute Gasteiger partial charge is 0.434 e. The Hall–Kier alpha value is -2.18. The quantitative estimate of drug-likeness (QED) is 0.747. The van der Waals surface area contributed by atoms with E-state index >= 15 is 0 Å². The van der Waals surface area contributed by atoms with Crippen LogP contribution < -0.4 is 5.11 Å². The van der Waals surface area contributed by atoms with Crippen LogP contribution in [0, 0.1) is 0 Å². The van der Waals surface area contributed by atoms with Crippen molar-refractivity contribution in [3.63, 3.8) is 0 Å². The standard InChI is InChI=1S/C10H5F3N2O2/c11-10(12,13)8-6(9(16)17)3-5-4-14-2-1-7(5)15-8/h1-4H,(H,16,17)/p-1. The van der Waals surface area contributed by atoms with Gasteiger partial charge in [0.2, 0.25) is 0 Å². The highest BCUT2D eigenvalue weighted by molar-refractivity contribution is 5.92. The van der Waals surface area contributed by atoms with Gasteiger partial charge in [-0.2, -0.15) is 13.2 Å². The second-order valence-corrected chi connectivity index (χ2v) is 3.24. The van der Waals surface area contributed by atoms with Crippen LogP contribution in [0.1, 0.15) is 16.1 Å². The van der Waals surface area contributed by atoms with Gasteiger partial charge in [-0.25, -0.2) is 4.98 Å². The van der Waals surface area contributed by atoms with Crippen LogP contribution in [0.25, 0.3) is 10.9 Å². The van der Waals surface area contributed by atoms with Gasteiger partial charge in [-0.05, 0) is 12.1 Å². The molecule has 0 spiro atoms. The number of pyridine rings is 2. The van der Waals surface area contributed by atoms with E-state index in [0.29, 0.717) is 0 Å². The minimum absolute atomic E-state index is 0.0253. The molecule has 2 rings (SSSR count). The number of fused-ring (bicyclic) bond motifs is 1. The first kappa shape index (κ1) is 11.3. The van der Waals surface area contributed by atoms with Crippen LogP contribution in [-0.2, 0) is 6.18 Å². The predicted octanol–water partition coefficient (Wildman–Crippen LogP) is 1.01. The number of hydrogen-bond acceptors (Lipinski definition) is 4. The van der Waals surface area contributed by atoms with E-state index in [-0.39, 0.29) is 10.9 Å². The molecular weight excluding hydrogens is 237 g/mol. The summed E-state index contributed by atoms with van der Waals surface area (Å²) in [6.45, 7) is 0. The minimum atomic E-state index is -4.84. The second-order valence-electron chi connectivity index (χ2n) is 3.24. The van der Waals surface area contributed by atoms with E-state index in [1.165, 1.54) is 18.5 Å². The average Bonchev–Trinajstić information content (AvgIpc) is 2.26. The topological polar surface area (TPSA) is 65.9 Å². The summed E-state index contributed by atoms with van der Waals surface area (Å²) in [6, 6.07) is 2.12. The van der Waals surface area contributed by atoms with Crippen molar-refractivity contribution < 1.29 is 23.1 Å². The molecule has 0 amide bonds. The molecule has 17 heavy (non-hydrogen) atoms. The molecule has 88 valence electrons. The molecule has 7 heteroatoms. The SMILES string of the molecule is O=C([O-])c1cc2cnccc2nc1C(F)(F)F. The molecule has 0 aliphatic carbocycles. The number of alkyl halides is 3. The molecule has 0 N–H and O–H groups in total. The number of nitrogens with zero attached hydrogens (tertiary/aromatic N) is 2. The van der Waals surface area contributed by atoms with Crippen molar-refractivity contribution in [2.45, 2.75) is 6.18 Å². The fourth-order valence-corrected chi connectivity index (χ4v) is 1.39. The maximum Gasteiger partial charge on any atom is 0.434 e. The summed E-state index contributed by atoms with van der Waals surface area (Å²) in [6.07, 6.45) is -2.34. The fourth-order valence-electron chi connectivity index (χ4n) is 1.39. The van der Waals surface area contributed by atoms with E-state index < -0.39 is 23.4 Å². The summed E-state index contributed by atoms with van der Waals surface area (Å²) < 4.78 is 37.7. The number of halogens is 3. The Morgan fingerprint density at radius 2 is 2.06 bits per heavy atom. The van der Waals surface area contributed by atoms with Gasteiger partial charge in [-0.15, -0.1) is 0 Å². The summed E-state index contributed by atoms with van der Waals surface area (Å²) in [4.78, 5) is 17.6. The maximum atomic E-state index is 12.6. The van der Waals surface area contributed by atoms with E-state index in [0.717, 1.165) is 6.07 Å². The first-order chi connectivity index (χ1) is 7.89. The molecule has 0 aliphatic rings. The predicted molar refractivity (Wildman–Crippen MR) is 48.9 cm³/mol. The molecule has 0 atom stereocenters. The molecule has 2 heterocycles. The Balaban J connectivity index is 2.80. The van der Waals surface area contributed by atoms with Gasteiger partial charge in [0, 0.05) is 23.3 Å². The van der Waals surface area contributed by atoms with Gasteiger partial charge >= 0.3 is 6.18 Å². The van der Waals surface area contributed by atoms with Gasteiger partial charge in [0.25, 0.3) is 0 Å². The zero-order chi connectivity index (χ0) is 12.6. The van der Waals surface area contributed by atoms with Crippen LogP contribution in [0.15, 0.2) is 24.5 Å². The van der Waals surface area contributed by atoms with Crippen LogP contribution in [0.4, 0.5) is 13.2 Å². The minimum Gasteiger partial charge on any atom is -0.545 e. The van der Waals surface area contributed by atoms with E-state index in [4.69, 9.17) is 0 Å². The average molecular weight is 241 g/mol. The van der Waals surface area contributed by atoms with Crippen LogP contribution in [0.3, 0.4) is 0 Å². The summed E-state index contributed by atoms with van der Waals surface area (Å²) >= 11 is 0. The van der Waals surface area contributed by atoms with Crippen LogP contribution >= 0.6 is 0 Å². The Bertz CT molecular complexity index is 596. The van der Waals surface area contributed by atoms with E-state index in [9.17, 15) is 23.1 Å². The van der Waals surface area contributed by atoms with Gasteiger partial charge < -0.3 is 9.90 Å². The zero-order valence-corrected chi connectivity index (χ0v) is 8.15. The number of hydrogen-bond donors (Lipinski definition) is 0. The highest BCUT2D eigenvalue weighted by Crippen LogP contribution is 2.31. The van der Waals surface area contributed by atoms with Crippen molar-refractivity contribution in [1.82, 2.24) is 9.97 Å². The Morgan fingerprint density at radius 1 is 1.35 bits per heavy atom. The Labute approximate surface area is 92.7 Å². The molecule has 0 saturated heterocycles. The lowest BCUT2D eigenvalue weighted by atomic mass is 10.1. The molecule has 2 aromatic heterocycles. The zero-order valence-electron chi connectivity index (χ0n) is 8.15.